The lowest BCUT2D eigenvalue weighted by Crippen LogP contribution is -2.44. The lowest BCUT2D eigenvalue weighted by Gasteiger charge is -2.31. The summed E-state index contributed by atoms with van der Waals surface area (Å²) in [6, 6.07) is 9.37. The second-order valence-electron chi connectivity index (χ2n) is 4.26. The molecule has 18 heavy (non-hydrogen) atoms. The lowest BCUT2D eigenvalue weighted by molar-refractivity contribution is -0.144. The summed E-state index contributed by atoms with van der Waals surface area (Å²) in [5.74, 6) is -0.302. The van der Waals surface area contributed by atoms with Crippen LogP contribution >= 0.6 is 0 Å². The number of piperidine rings is 1. The van der Waals surface area contributed by atoms with Crippen molar-refractivity contribution >= 4 is 5.91 Å². The summed E-state index contributed by atoms with van der Waals surface area (Å²) < 4.78 is 30.2. The molecule has 1 aromatic rings. The summed E-state index contributed by atoms with van der Waals surface area (Å²) in [4.78, 5) is 12.3. The number of para-hydroxylation sites is 1. The van der Waals surface area contributed by atoms with E-state index in [1.807, 2.05) is 30.3 Å². The Hall–Kier alpha value is -1.65. The van der Waals surface area contributed by atoms with E-state index in [0.29, 0.717) is 25.9 Å². The molecule has 0 unspecified atom stereocenters. The molecule has 1 heterocycles. The smallest absolute Gasteiger partial charge is 0.315 e. The Kier molecular flexibility index (Phi) is 4.12. The number of hydrogen-bond donors (Lipinski definition) is 0. The van der Waals surface area contributed by atoms with Crippen LogP contribution in [-0.4, -0.2) is 36.4 Å². The number of likely N-dealkylation sites (tertiary alicyclic amines) is 1. The quantitative estimate of drug-likeness (QED) is 0.829. The van der Waals surface area contributed by atoms with Gasteiger partial charge in [-0.15, -0.1) is 0 Å². The van der Waals surface area contributed by atoms with Crippen molar-refractivity contribution in [2.75, 3.05) is 13.1 Å². The van der Waals surface area contributed by atoms with E-state index in [9.17, 15) is 13.6 Å². The number of halogens is 2. The summed E-state index contributed by atoms with van der Waals surface area (Å²) in [5, 5.41) is 0. The van der Waals surface area contributed by atoms with Crippen molar-refractivity contribution in [1.29, 1.82) is 0 Å². The molecule has 5 heteroatoms. The minimum absolute atomic E-state index is 0.00544. The molecule has 0 bridgehead atoms. The van der Waals surface area contributed by atoms with Gasteiger partial charge in [-0.05, 0) is 12.1 Å². The van der Waals surface area contributed by atoms with Crippen LogP contribution in [-0.2, 0) is 4.79 Å². The molecule has 1 fully saturated rings. The van der Waals surface area contributed by atoms with Gasteiger partial charge >= 0.3 is 6.43 Å². The fourth-order valence-electron chi connectivity index (χ4n) is 2.02. The van der Waals surface area contributed by atoms with E-state index in [0.717, 1.165) is 5.75 Å². The third-order valence-electron chi connectivity index (χ3n) is 2.99. The maximum absolute atomic E-state index is 12.2. The zero-order chi connectivity index (χ0) is 13.0. The van der Waals surface area contributed by atoms with Crippen molar-refractivity contribution < 1.29 is 18.3 Å². The number of carbonyl (C=O) groups excluding carboxylic acids is 1. The summed E-state index contributed by atoms with van der Waals surface area (Å²) >= 11 is 0. The Balaban J connectivity index is 1.82. The van der Waals surface area contributed by atoms with Crippen molar-refractivity contribution in [3.8, 4) is 5.75 Å². The van der Waals surface area contributed by atoms with Crippen molar-refractivity contribution in [1.82, 2.24) is 4.90 Å². The number of amides is 1. The molecule has 1 aromatic carbocycles. The normalized spacial score (nSPS) is 16.9. The molecule has 0 aromatic heterocycles. The molecule has 1 saturated heterocycles. The van der Waals surface area contributed by atoms with E-state index < -0.39 is 12.3 Å². The number of rotatable bonds is 3. The molecule has 2 rings (SSSR count). The van der Waals surface area contributed by atoms with Gasteiger partial charge in [0.05, 0.1) is 0 Å². The summed E-state index contributed by atoms with van der Waals surface area (Å²) in [7, 11) is 0. The lowest BCUT2D eigenvalue weighted by atomic mass is 10.1. The number of carbonyl (C=O) groups is 1. The number of benzene rings is 1. The van der Waals surface area contributed by atoms with Gasteiger partial charge in [0, 0.05) is 25.9 Å². The van der Waals surface area contributed by atoms with Crippen molar-refractivity contribution in [3.63, 3.8) is 0 Å². The molecule has 0 N–H and O–H groups in total. The molecule has 98 valence electrons. The third-order valence-corrected chi connectivity index (χ3v) is 2.99. The molecule has 0 spiro atoms. The van der Waals surface area contributed by atoms with Gasteiger partial charge in [0.1, 0.15) is 11.9 Å². The first-order valence-electron chi connectivity index (χ1n) is 5.95. The van der Waals surface area contributed by atoms with Gasteiger partial charge in [0.2, 0.25) is 0 Å². The molecule has 0 radical (unpaired) electrons. The molecular formula is C13H15F2NO2. The zero-order valence-corrected chi connectivity index (χ0v) is 9.89. The third kappa shape index (κ3) is 3.18. The van der Waals surface area contributed by atoms with Crippen LogP contribution in [0, 0.1) is 0 Å². The molecular weight excluding hydrogens is 240 g/mol. The van der Waals surface area contributed by atoms with Crippen LogP contribution < -0.4 is 4.74 Å². The van der Waals surface area contributed by atoms with Crippen LogP contribution in [0.4, 0.5) is 8.78 Å². The minimum atomic E-state index is -2.91. The Morgan fingerprint density at radius 2 is 1.83 bits per heavy atom. The van der Waals surface area contributed by atoms with Crippen LogP contribution in [0.25, 0.3) is 0 Å². The number of hydrogen-bond acceptors (Lipinski definition) is 2. The van der Waals surface area contributed by atoms with Gasteiger partial charge in [0.15, 0.2) is 0 Å². The molecule has 3 nitrogen and oxygen atoms in total. The average Bonchev–Trinajstić information content (AvgIpc) is 2.40. The van der Waals surface area contributed by atoms with E-state index in [-0.39, 0.29) is 6.10 Å². The summed E-state index contributed by atoms with van der Waals surface area (Å²) in [6.07, 6.45) is -1.73. The molecule has 1 aliphatic rings. The van der Waals surface area contributed by atoms with Gasteiger partial charge in [-0.2, -0.15) is 8.78 Å². The Bertz CT molecular complexity index is 389. The van der Waals surface area contributed by atoms with Gasteiger partial charge in [0.25, 0.3) is 5.91 Å². The summed E-state index contributed by atoms with van der Waals surface area (Å²) in [5.41, 5.74) is 0. The summed E-state index contributed by atoms with van der Waals surface area (Å²) in [6.45, 7) is 0.668. The largest absolute Gasteiger partial charge is 0.490 e. The van der Waals surface area contributed by atoms with Crippen molar-refractivity contribution in [2.24, 2.45) is 0 Å². The van der Waals surface area contributed by atoms with Gasteiger partial charge in [-0.1, -0.05) is 18.2 Å². The number of nitrogens with zero attached hydrogens (tertiary/aromatic N) is 1. The van der Waals surface area contributed by atoms with E-state index >= 15 is 0 Å². The highest BCUT2D eigenvalue weighted by Crippen LogP contribution is 2.19. The van der Waals surface area contributed by atoms with Gasteiger partial charge in [-0.3, -0.25) is 4.79 Å². The average molecular weight is 255 g/mol. The van der Waals surface area contributed by atoms with E-state index in [1.165, 1.54) is 4.90 Å². The first-order chi connectivity index (χ1) is 8.66. The second kappa shape index (κ2) is 5.80. The van der Waals surface area contributed by atoms with Crippen LogP contribution in [0.3, 0.4) is 0 Å². The van der Waals surface area contributed by atoms with Crippen LogP contribution in [0.15, 0.2) is 30.3 Å². The molecule has 1 amide bonds. The highest BCUT2D eigenvalue weighted by Gasteiger charge is 2.28. The predicted octanol–water partition coefficient (Wildman–Crippen LogP) is 2.32. The van der Waals surface area contributed by atoms with Gasteiger partial charge in [-0.25, -0.2) is 0 Å². The van der Waals surface area contributed by atoms with Crippen molar-refractivity contribution in [2.45, 2.75) is 25.4 Å². The fraction of sp³-hybridized carbons (Fsp3) is 0.462. The van der Waals surface area contributed by atoms with Crippen molar-refractivity contribution in [3.05, 3.63) is 30.3 Å². The predicted molar refractivity (Wildman–Crippen MR) is 62.7 cm³/mol. The monoisotopic (exact) mass is 255 g/mol. The van der Waals surface area contributed by atoms with Crippen LogP contribution in [0.5, 0.6) is 5.75 Å². The number of alkyl halides is 2. The topological polar surface area (TPSA) is 29.5 Å². The highest BCUT2D eigenvalue weighted by molar-refractivity contribution is 5.79. The maximum atomic E-state index is 12.2. The van der Waals surface area contributed by atoms with E-state index in [2.05, 4.69) is 0 Å². The van der Waals surface area contributed by atoms with Gasteiger partial charge < -0.3 is 9.64 Å². The zero-order valence-electron chi connectivity index (χ0n) is 9.89. The van der Waals surface area contributed by atoms with E-state index in [1.54, 1.807) is 0 Å². The van der Waals surface area contributed by atoms with Crippen LogP contribution in [0.2, 0.25) is 0 Å². The Morgan fingerprint density at radius 1 is 1.22 bits per heavy atom. The van der Waals surface area contributed by atoms with Crippen LogP contribution in [0.1, 0.15) is 12.8 Å². The van der Waals surface area contributed by atoms with E-state index in [4.69, 9.17) is 4.74 Å². The molecule has 0 atom stereocenters. The maximum Gasteiger partial charge on any atom is 0.315 e. The second-order valence-corrected chi connectivity index (χ2v) is 4.26. The highest BCUT2D eigenvalue weighted by atomic mass is 19.3. The molecule has 1 aliphatic heterocycles. The Labute approximate surface area is 104 Å². The fourth-order valence-corrected chi connectivity index (χ4v) is 2.02. The Morgan fingerprint density at radius 3 is 2.39 bits per heavy atom. The SMILES string of the molecule is O=C(C(F)F)N1CCC(Oc2ccccc2)CC1. The number of ether oxygens (including phenoxy) is 1. The first kappa shape index (κ1) is 12.8. The molecule has 0 saturated carbocycles. The first-order valence-corrected chi connectivity index (χ1v) is 5.95. The minimum Gasteiger partial charge on any atom is -0.490 e. The molecule has 0 aliphatic carbocycles. The standard InChI is InChI=1S/C13H15F2NO2/c14-12(15)13(17)16-8-6-11(7-9-16)18-10-4-2-1-3-5-10/h1-5,11-12H,6-9H2.